The summed E-state index contributed by atoms with van der Waals surface area (Å²) >= 11 is 12.8. The summed E-state index contributed by atoms with van der Waals surface area (Å²) in [6.45, 7) is 0. The van der Waals surface area contributed by atoms with Crippen molar-refractivity contribution in [3.05, 3.63) is 39.2 Å². The number of benzene rings is 1. The van der Waals surface area contributed by atoms with Gasteiger partial charge in [-0.1, -0.05) is 29.3 Å². The van der Waals surface area contributed by atoms with Gasteiger partial charge >= 0.3 is 5.97 Å². The third kappa shape index (κ3) is 2.24. The van der Waals surface area contributed by atoms with Crippen LogP contribution in [0.15, 0.2) is 23.6 Å². The molecule has 0 aliphatic rings. The molecule has 0 unspecified atom stereocenters. The molecular formula is C11H6Cl2O3S. The van der Waals surface area contributed by atoms with Gasteiger partial charge in [0.25, 0.3) is 0 Å². The molecular weight excluding hydrogens is 283 g/mol. The van der Waals surface area contributed by atoms with Crippen molar-refractivity contribution in [3.8, 4) is 16.2 Å². The van der Waals surface area contributed by atoms with E-state index in [9.17, 15) is 9.90 Å². The zero-order chi connectivity index (χ0) is 12.6. The molecule has 0 saturated heterocycles. The first-order valence-corrected chi connectivity index (χ1v) is 6.13. The van der Waals surface area contributed by atoms with Crippen LogP contribution in [-0.4, -0.2) is 16.2 Å². The Labute approximate surface area is 111 Å². The van der Waals surface area contributed by atoms with Gasteiger partial charge in [-0.05, 0) is 17.7 Å². The third-order valence-electron chi connectivity index (χ3n) is 2.18. The number of hydrogen-bond acceptors (Lipinski definition) is 3. The highest BCUT2D eigenvalue weighted by atomic mass is 35.5. The SMILES string of the molecule is O=C(O)c1csc(-c2ccc(Cl)c(Cl)c2)c1O. The van der Waals surface area contributed by atoms with E-state index in [0.29, 0.717) is 20.5 Å². The predicted molar refractivity (Wildman–Crippen MR) is 68.4 cm³/mol. The van der Waals surface area contributed by atoms with Crippen molar-refractivity contribution in [2.45, 2.75) is 0 Å². The lowest BCUT2D eigenvalue weighted by Gasteiger charge is -2.01. The maximum Gasteiger partial charge on any atom is 0.340 e. The molecule has 88 valence electrons. The van der Waals surface area contributed by atoms with Crippen LogP contribution >= 0.6 is 34.5 Å². The quantitative estimate of drug-likeness (QED) is 0.874. The Hall–Kier alpha value is -1.23. The number of rotatable bonds is 2. The second-order valence-electron chi connectivity index (χ2n) is 3.26. The minimum absolute atomic E-state index is 0.115. The fourth-order valence-corrected chi connectivity index (χ4v) is 2.58. The number of carboxylic acids is 1. The summed E-state index contributed by atoms with van der Waals surface area (Å²) < 4.78 is 0. The molecule has 0 atom stereocenters. The van der Waals surface area contributed by atoms with Gasteiger partial charge in [-0.15, -0.1) is 11.3 Å². The molecule has 2 N–H and O–H groups in total. The zero-order valence-electron chi connectivity index (χ0n) is 8.28. The monoisotopic (exact) mass is 288 g/mol. The lowest BCUT2D eigenvalue weighted by molar-refractivity contribution is 0.0694. The number of halogens is 2. The number of aromatic carboxylic acids is 1. The molecule has 1 aromatic heterocycles. The topological polar surface area (TPSA) is 57.5 Å². The van der Waals surface area contributed by atoms with E-state index in [0.717, 1.165) is 11.3 Å². The first-order chi connectivity index (χ1) is 8.00. The van der Waals surface area contributed by atoms with Gasteiger partial charge < -0.3 is 10.2 Å². The van der Waals surface area contributed by atoms with Crippen molar-refractivity contribution in [2.24, 2.45) is 0 Å². The molecule has 3 nitrogen and oxygen atoms in total. The van der Waals surface area contributed by atoms with E-state index in [2.05, 4.69) is 0 Å². The second-order valence-corrected chi connectivity index (χ2v) is 4.96. The minimum atomic E-state index is -1.16. The van der Waals surface area contributed by atoms with Crippen LogP contribution in [0.5, 0.6) is 5.75 Å². The van der Waals surface area contributed by atoms with Gasteiger partial charge in [-0.25, -0.2) is 4.79 Å². The van der Waals surface area contributed by atoms with Crippen molar-refractivity contribution in [2.75, 3.05) is 0 Å². The smallest absolute Gasteiger partial charge is 0.340 e. The minimum Gasteiger partial charge on any atom is -0.506 e. The summed E-state index contributed by atoms with van der Waals surface area (Å²) in [6.07, 6.45) is 0. The van der Waals surface area contributed by atoms with Crippen molar-refractivity contribution in [3.63, 3.8) is 0 Å². The summed E-state index contributed by atoms with van der Waals surface area (Å²) in [5.41, 5.74) is 0.519. The van der Waals surface area contributed by atoms with Crippen molar-refractivity contribution in [1.82, 2.24) is 0 Å². The van der Waals surface area contributed by atoms with Crippen LogP contribution in [0.1, 0.15) is 10.4 Å². The number of aromatic hydroxyl groups is 1. The second kappa shape index (κ2) is 4.56. The Balaban J connectivity index is 2.53. The van der Waals surface area contributed by atoms with E-state index in [1.165, 1.54) is 5.38 Å². The Bertz CT molecular complexity index is 592. The first kappa shape index (κ1) is 12.2. The van der Waals surface area contributed by atoms with Crippen LogP contribution in [-0.2, 0) is 0 Å². The molecule has 6 heteroatoms. The lowest BCUT2D eigenvalue weighted by atomic mass is 10.1. The van der Waals surface area contributed by atoms with Crippen LogP contribution < -0.4 is 0 Å². The van der Waals surface area contributed by atoms with Crippen LogP contribution in [0.4, 0.5) is 0 Å². The predicted octanol–water partition coefficient (Wildman–Crippen LogP) is 4.13. The van der Waals surface area contributed by atoms with Gasteiger partial charge in [-0.3, -0.25) is 0 Å². The maximum absolute atomic E-state index is 10.8. The number of thiophene rings is 1. The standard InChI is InChI=1S/C11H6Cl2O3S/c12-7-2-1-5(3-8(7)13)10-9(14)6(4-17-10)11(15)16/h1-4,14H,(H,15,16). The first-order valence-electron chi connectivity index (χ1n) is 4.50. The lowest BCUT2D eigenvalue weighted by Crippen LogP contribution is -1.92. The average molecular weight is 289 g/mol. The van der Waals surface area contributed by atoms with E-state index in [-0.39, 0.29) is 11.3 Å². The van der Waals surface area contributed by atoms with Crippen LogP contribution in [0, 0.1) is 0 Å². The number of carbonyl (C=O) groups is 1. The van der Waals surface area contributed by atoms with Crippen LogP contribution in [0.3, 0.4) is 0 Å². The summed E-state index contributed by atoms with van der Waals surface area (Å²) in [5, 5.41) is 20.7. The molecule has 0 aliphatic carbocycles. The molecule has 0 radical (unpaired) electrons. The largest absolute Gasteiger partial charge is 0.506 e. The van der Waals surface area contributed by atoms with Crippen LogP contribution in [0.25, 0.3) is 10.4 Å². The normalized spacial score (nSPS) is 10.5. The van der Waals surface area contributed by atoms with E-state index in [1.807, 2.05) is 0 Å². The Morgan fingerprint density at radius 1 is 1.24 bits per heavy atom. The fourth-order valence-electron chi connectivity index (χ4n) is 1.35. The zero-order valence-corrected chi connectivity index (χ0v) is 10.6. The molecule has 17 heavy (non-hydrogen) atoms. The molecule has 0 spiro atoms. The Morgan fingerprint density at radius 2 is 1.94 bits per heavy atom. The summed E-state index contributed by atoms with van der Waals surface area (Å²) in [6, 6.07) is 4.85. The van der Waals surface area contributed by atoms with E-state index < -0.39 is 5.97 Å². The maximum atomic E-state index is 10.8. The fraction of sp³-hybridized carbons (Fsp3) is 0. The van der Waals surface area contributed by atoms with Gasteiger partial charge in [-0.2, -0.15) is 0 Å². The van der Waals surface area contributed by atoms with Crippen molar-refractivity contribution in [1.29, 1.82) is 0 Å². The molecule has 0 saturated carbocycles. The third-order valence-corrected chi connectivity index (χ3v) is 3.93. The number of hydrogen-bond donors (Lipinski definition) is 2. The molecule has 1 heterocycles. The molecule has 0 bridgehead atoms. The molecule has 2 rings (SSSR count). The molecule has 0 fully saturated rings. The molecule has 2 aromatic rings. The number of carboxylic acid groups (broad SMARTS) is 1. The van der Waals surface area contributed by atoms with Gasteiger partial charge in [0.15, 0.2) is 0 Å². The summed E-state index contributed by atoms with van der Waals surface area (Å²) in [5.74, 6) is -1.41. The summed E-state index contributed by atoms with van der Waals surface area (Å²) in [4.78, 5) is 11.2. The van der Waals surface area contributed by atoms with E-state index in [4.69, 9.17) is 28.3 Å². The van der Waals surface area contributed by atoms with Crippen molar-refractivity contribution < 1.29 is 15.0 Å². The molecule has 0 amide bonds. The van der Waals surface area contributed by atoms with Gasteiger partial charge in [0.1, 0.15) is 11.3 Å². The highest BCUT2D eigenvalue weighted by molar-refractivity contribution is 7.14. The van der Waals surface area contributed by atoms with E-state index in [1.54, 1.807) is 18.2 Å². The van der Waals surface area contributed by atoms with Gasteiger partial charge in [0.2, 0.25) is 0 Å². The van der Waals surface area contributed by atoms with Gasteiger partial charge in [0, 0.05) is 5.38 Å². The van der Waals surface area contributed by atoms with Crippen molar-refractivity contribution >= 4 is 40.5 Å². The Morgan fingerprint density at radius 3 is 2.47 bits per heavy atom. The average Bonchev–Trinajstić information content (AvgIpc) is 2.64. The Kier molecular flexibility index (Phi) is 3.28. The highest BCUT2D eigenvalue weighted by Crippen LogP contribution is 2.40. The van der Waals surface area contributed by atoms with Gasteiger partial charge in [0.05, 0.1) is 14.9 Å². The molecule has 0 aliphatic heterocycles. The summed E-state index contributed by atoms with van der Waals surface area (Å²) in [7, 11) is 0. The molecule has 1 aromatic carbocycles. The highest BCUT2D eigenvalue weighted by Gasteiger charge is 2.17. The van der Waals surface area contributed by atoms with Crippen LogP contribution in [0.2, 0.25) is 10.0 Å². The van der Waals surface area contributed by atoms with E-state index >= 15 is 0 Å².